The van der Waals surface area contributed by atoms with E-state index < -0.39 is 0 Å². The first kappa shape index (κ1) is 17.0. The van der Waals surface area contributed by atoms with E-state index in [-0.39, 0.29) is 18.0 Å². The second kappa shape index (κ2) is 7.46. The van der Waals surface area contributed by atoms with E-state index in [2.05, 4.69) is 46.5 Å². The first-order valence-corrected chi connectivity index (χ1v) is 9.09. The molecular weight excluding hydrogens is 346 g/mol. The summed E-state index contributed by atoms with van der Waals surface area (Å²) in [5.41, 5.74) is 8.60. The van der Waals surface area contributed by atoms with Crippen LogP contribution in [0.2, 0.25) is 5.02 Å². The molecule has 4 nitrogen and oxygen atoms in total. The van der Waals surface area contributed by atoms with E-state index in [1.165, 1.54) is 16.3 Å². The highest BCUT2D eigenvalue weighted by Crippen LogP contribution is 2.29. The van der Waals surface area contributed by atoms with Crippen LogP contribution in [0.25, 0.3) is 10.8 Å². The summed E-state index contributed by atoms with van der Waals surface area (Å²) < 4.78 is 0. The van der Waals surface area contributed by atoms with Gasteiger partial charge in [0.05, 0.1) is 0 Å². The lowest BCUT2D eigenvalue weighted by atomic mass is 9.96. The molecule has 3 aromatic rings. The number of benzene rings is 3. The lowest BCUT2D eigenvalue weighted by Gasteiger charge is -2.13. The molecule has 1 fully saturated rings. The summed E-state index contributed by atoms with van der Waals surface area (Å²) in [6.45, 7) is 0.469. The fourth-order valence-corrected chi connectivity index (χ4v) is 3.66. The average Bonchev–Trinajstić information content (AvgIpc) is 3.16. The van der Waals surface area contributed by atoms with Gasteiger partial charge in [0.2, 0.25) is 5.91 Å². The van der Waals surface area contributed by atoms with Crippen molar-refractivity contribution in [3.63, 3.8) is 0 Å². The van der Waals surface area contributed by atoms with E-state index in [9.17, 15) is 4.79 Å². The molecule has 5 heteroatoms. The minimum absolute atomic E-state index is 0.0137. The molecule has 0 radical (unpaired) electrons. The Kier molecular flexibility index (Phi) is 4.89. The van der Waals surface area contributed by atoms with Crippen molar-refractivity contribution in [1.29, 1.82) is 0 Å². The number of halogens is 1. The molecule has 3 aromatic carbocycles. The molecule has 0 bridgehead atoms. The molecule has 1 amide bonds. The van der Waals surface area contributed by atoms with Crippen LogP contribution in [0.1, 0.15) is 23.6 Å². The van der Waals surface area contributed by atoms with Gasteiger partial charge in [-0.2, -0.15) is 0 Å². The van der Waals surface area contributed by atoms with Gasteiger partial charge < -0.3 is 5.32 Å². The standard InChI is InChI=1S/C21H20ClN3O/c22-16-8-3-5-14(11-16)13-23-21(26)20-12-19(24-25-20)18-10-4-7-15-6-1-2-9-17(15)18/h1-11,19-20,24-25H,12-13H2,(H,23,26). The largest absolute Gasteiger partial charge is 0.351 e. The van der Waals surface area contributed by atoms with Crippen molar-refractivity contribution >= 4 is 28.3 Å². The molecule has 0 saturated carbocycles. The molecule has 3 N–H and O–H groups in total. The number of carbonyl (C=O) groups excluding carboxylic acids is 1. The maximum absolute atomic E-state index is 12.5. The number of carbonyl (C=O) groups is 1. The molecule has 1 heterocycles. The predicted molar refractivity (Wildman–Crippen MR) is 105 cm³/mol. The molecule has 0 aliphatic carbocycles. The molecule has 0 spiro atoms. The zero-order valence-electron chi connectivity index (χ0n) is 14.2. The molecule has 2 atom stereocenters. The van der Waals surface area contributed by atoms with Crippen molar-refractivity contribution in [3.8, 4) is 0 Å². The van der Waals surface area contributed by atoms with Gasteiger partial charge in [0.15, 0.2) is 0 Å². The van der Waals surface area contributed by atoms with E-state index in [4.69, 9.17) is 11.6 Å². The Morgan fingerprint density at radius 2 is 1.85 bits per heavy atom. The highest BCUT2D eigenvalue weighted by Gasteiger charge is 2.30. The topological polar surface area (TPSA) is 53.2 Å². The molecule has 4 rings (SSSR count). The summed E-state index contributed by atoms with van der Waals surface area (Å²) >= 11 is 5.99. The first-order chi connectivity index (χ1) is 12.7. The fraction of sp³-hybridized carbons (Fsp3) is 0.190. The molecule has 0 aromatic heterocycles. The Balaban J connectivity index is 1.42. The van der Waals surface area contributed by atoms with Crippen LogP contribution in [0.5, 0.6) is 0 Å². The molecule has 1 saturated heterocycles. The zero-order valence-corrected chi connectivity index (χ0v) is 15.0. The number of fused-ring (bicyclic) bond motifs is 1. The Bertz CT molecular complexity index is 938. The summed E-state index contributed by atoms with van der Waals surface area (Å²) in [6.07, 6.45) is 0.704. The Morgan fingerprint density at radius 1 is 1.04 bits per heavy atom. The Hall–Kier alpha value is -2.40. The maximum Gasteiger partial charge on any atom is 0.238 e. The van der Waals surface area contributed by atoms with Gasteiger partial charge in [-0.25, -0.2) is 10.9 Å². The van der Waals surface area contributed by atoms with Crippen molar-refractivity contribution < 1.29 is 4.79 Å². The summed E-state index contributed by atoms with van der Waals surface area (Å²) in [7, 11) is 0. The smallest absolute Gasteiger partial charge is 0.238 e. The fourth-order valence-electron chi connectivity index (χ4n) is 3.45. The third kappa shape index (κ3) is 3.58. The van der Waals surface area contributed by atoms with Gasteiger partial charge in [0.1, 0.15) is 6.04 Å². The maximum atomic E-state index is 12.5. The van der Waals surface area contributed by atoms with E-state index in [0.717, 1.165) is 5.56 Å². The normalized spacial score (nSPS) is 19.6. The molecule has 1 aliphatic heterocycles. The number of rotatable bonds is 4. The van der Waals surface area contributed by atoms with Crippen molar-refractivity contribution in [1.82, 2.24) is 16.2 Å². The number of nitrogens with one attached hydrogen (secondary N) is 3. The minimum Gasteiger partial charge on any atom is -0.351 e. The lowest BCUT2D eigenvalue weighted by molar-refractivity contribution is -0.123. The number of hydrazine groups is 1. The molecule has 2 unspecified atom stereocenters. The van der Waals surface area contributed by atoms with Crippen LogP contribution >= 0.6 is 11.6 Å². The molecule has 132 valence electrons. The predicted octanol–water partition coefficient (Wildman–Crippen LogP) is 3.72. The number of hydrogen-bond donors (Lipinski definition) is 3. The van der Waals surface area contributed by atoms with Gasteiger partial charge in [0, 0.05) is 17.6 Å². The van der Waals surface area contributed by atoms with Gasteiger partial charge in [-0.15, -0.1) is 0 Å². The van der Waals surface area contributed by atoms with Crippen molar-refractivity contribution in [2.45, 2.75) is 25.0 Å². The molecule has 26 heavy (non-hydrogen) atoms. The van der Waals surface area contributed by atoms with Gasteiger partial charge in [-0.3, -0.25) is 4.79 Å². The van der Waals surface area contributed by atoms with Crippen LogP contribution in [0, 0.1) is 0 Å². The summed E-state index contributed by atoms with van der Waals surface area (Å²) in [5, 5.41) is 6.08. The highest BCUT2D eigenvalue weighted by molar-refractivity contribution is 6.30. The SMILES string of the molecule is O=C(NCc1cccc(Cl)c1)C1CC(c2cccc3ccccc23)NN1. The third-order valence-electron chi connectivity index (χ3n) is 4.77. The number of amides is 1. The van der Waals surface area contributed by atoms with E-state index >= 15 is 0 Å². The molecular formula is C21H20ClN3O. The van der Waals surface area contributed by atoms with Crippen molar-refractivity contribution in [2.75, 3.05) is 0 Å². The second-order valence-corrected chi connectivity index (χ2v) is 6.98. The third-order valence-corrected chi connectivity index (χ3v) is 5.01. The summed E-state index contributed by atoms with van der Waals surface area (Å²) in [4.78, 5) is 12.5. The van der Waals surface area contributed by atoms with Gasteiger partial charge in [-0.1, -0.05) is 66.2 Å². The second-order valence-electron chi connectivity index (χ2n) is 6.55. The lowest BCUT2D eigenvalue weighted by Crippen LogP contribution is -2.42. The van der Waals surface area contributed by atoms with Crippen LogP contribution in [0.3, 0.4) is 0 Å². The van der Waals surface area contributed by atoms with Gasteiger partial charge in [0.25, 0.3) is 0 Å². The van der Waals surface area contributed by atoms with Gasteiger partial charge in [-0.05, 0) is 40.5 Å². The van der Waals surface area contributed by atoms with Crippen LogP contribution in [0.4, 0.5) is 0 Å². The van der Waals surface area contributed by atoms with Gasteiger partial charge >= 0.3 is 0 Å². The molecule has 1 aliphatic rings. The Labute approximate surface area is 157 Å². The van der Waals surface area contributed by atoms with Crippen LogP contribution in [-0.4, -0.2) is 11.9 Å². The van der Waals surface area contributed by atoms with Crippen LogP contribution < -0.4 is 16.2 Å². The summed E-state index contributed by atoms with van der Waals surface area (Å²) in [5.74, 6) is -0.0137. The summed E-state index contributed by atoms with van der Waals surface area (Å²) in [6, 6.07) is 22.0. The quantitative estimate of drug-likeness (QED) is 0.660. The zero-order chi connectivity index (χ0) is 17.9. The highest BCUT2D eigenvalue weighted by atomic mass is 35.5. The van der Waals surface area contributed by atoms with Crippen LogP contribution in [-0.2, 0) is 11.3 Å². The van der Waals surface area contributed by atoms with Crippen molar-refractivity contribution in [3.05, 3.63) is 82.9 Å². The number of hydrogen-bond acceptors (Lipinski definition) is 3. The van der Waals surface area contributed by atoms with E-state index in [1.807, 2.05) is 36.4 Å². The van der Waals surface area contributed by atoms with Crippen molar-refractivity contribution in [2.24, 2.45) is 0 Å². The van der Waals surface area contributed by atoms with E-state index in [0.29, 0.717) is 18.0 Å². The minimum atomic E-state index is -0.266. The van der Waals surface area contributed by atoms with Crippen LogP contribution in [0.15, 0.2) is 66.7 Å². The average molecular weight is 366 g/mol. The first-order valence-electron chi connectivity index (χ1n) is 8.71. The monoisotopic (exact) mass is 365 g/mol. The van der Waals surface area contributed by atoms with E-state index in [1.54, 1.807) is 0 Å². The Morgan fingerprint density at radius 3 is 2.73 bits per heavy atom.